The van der Waals surface area contributed by atoms with Gasteiger partial charge >= 0.3 is 0 Å². The number of fused-ring (bicyclic) bond motifs is 1. The van der Waals surface area contributed by atoms with E-state index in [0.717, 1.165) is 24.1 Å². The van der Waals surface area contributed by atoms with Crippen LogP contribution >= 0.6 is 10.7 Å². The summed E-state index contributed by atoms with van der Waals surface area (Å²) in [6, 6.07) is 4.81. The summed E-state index contributed by atoms with van der Waals surface area (Å²) >= 11 is 0. The van der Waals surface area contributed by atoms with Crippen molar-refractivity contribution in [3.8, 4) is 0 Å². The van der Waals surface area contributed by atoms with Gasteiger partial charge in [-0.05, 0) is 49.9 Å². The molecular formula is C13H14ClNO3S. The number of carbonyl (C=O) groups excluding carboxylic acids is 1. The van der Waals surface area contributed by atoms with Crippen LogP contribution in [-0.2, 0) is 20.3 Å². The molecule has 1 aliphatic carbocycles. The number of anilines is 1. The van der Waals surface area contributed by atoms with E-state index in [1.165, 1.54) is 6.07 Å². The predicted octanol–water partition coefficient (Wildman–Crippen LogP) is 2.30. The number of nitrogens with zero attached hydrogens (tertiary/aromatic N) is 1. The number of halogens is 1. The monoisotopic (exact) mass is 299 g/mol. The molecule has 19 heavy (non-hydrogen) atoms. The second-order valence-corrected chi connectivity index (χ2v) is 7.83. The van der Waals surface area contributed by atoms with Crippen LogP contribution in [0.3, 0.4) is 0 Å². The minimum Gasteiger partial charge on any atom is -0.309 e. The summed E-state index contributed by atoms with van der Waals surface area (Å²) in [6.07, 6.45) is 2.60. The van der Waals surface area contributed by atoms with Crippen LogP contribution in [0.5, 0.6) is 0 Å². The van der Waals surface area contributed by atoms with Crippen molar-refractivity contribution in [2.45, 2.75) is 37.1 Å². The Kier molecular flexibility index (Phi) is 2.87. The van der Waals surface area contributed by atoms with E-state index in [9.17, 15) is 13.2 Å². The largest absolute Gasteiger partial charge is 0.309 e. The average Bonchev–Trinajstić information content (AvgIpc) is 3.09. The van der Waals surface area contributed by atoms with Crippen molar-refractivity contribution in [1.29, 1.82) is 0 Å². The van der Waals surface area contributed by atoms with Crippen molar-refractivity contribution in [3.63, 3.8) is 0 Å². The van der Waals surface area contributed by atoms with E-state index in [2.05, 4.69) is 0 Å². The third-order valence-corrected chi connectivity index (χ3v) is 5.06. The number of amides is 1. The molecule has 102 valence electrons. The fourth-order valence-electron chi connectivity index (χ4n) is 2.62. The fraction of sp³-hybridized carbons (Fsp3) is 0.462. The van der Waals surface area contributed by atoms with Crippen LogP contribution in [-0.4, -0.2) is 20.4 Å². The van der Waals surface area contributed by atoms with Crippen molar-refractivity contribution >= 4 is 31.3 Å². The zero-order chi connectivity index (χ0) is 13.8. The van der Waals surface area contributed by atoms with Crippen molar-refractivity contribution < 1.29 is 13.2 Å². The first-order chi connectivity index (χ1) is 8.88. The van der Waals surface area contributed by atoms with Crippen molar-refractivity contribution in [2.24, 2.45) is 5.92 Å². The van der Waals surface area contributed by atoms with Crippen molar-refractivity contribution in [3.05, 3.63) is 23.8 Å². The number of benzene rings is 1. The minimum absolute atomic E-state index is 0.0800. The Labute approximate surface area is 116 Å². The second-order valence-electron chi connectivity index (χ2n) is 5.26. The molecule has 1 amide bonds. The molecule has 1 saturated carbocycles. The topological polar surface area (TPSA) is 54.5 Å². The van der Waals surface area contributed by atoms with E-state index >= 15 is 0 Å². The standard InChI is InChI=1S/C13H14ClNO3S/c1-8-6-10-7-11(19(14,17)18)4-5-12(10)15(8)13(16)9-2-3-9/h4-5,7-9H,2-3,6H2,1H3. The zero-order valence-electron chi connectivity index (χ0n) is 10.5. The molecule has 2 aliphatic rings. The van der Waals surface area contributed by atoms with Gasteiger partial charge < -0.3 is 4.90 Å². The highest BCUT2D eigenvalue weighted by atomic mass is 35.7. The van der Waals surface area contributed by atoms with Crippen LogP contribution in [0.2, 0.25) is 0 Å². The first kappa shape index (κ1) is 12.9. The van der Waals surface area contributed by atoms with Crippen LogP contribution in [0.25, 0.3) is 0 Å². The Hall–Kier alpha value is -1.07. The number of rotatable bonds is 2. The van der Waals surface area contributed by atoms with E-state index in [1.807, 2.05) is 6.92 Å². The number of carbonyl (C=O) groups is 1. The van der Waals surface area contributed by atoms with E-state index in [0.29, 0.717) is 6.42 Å². The summed E-state index contributed by atoms with van der Waals surface area (Å²) in [5.74, 6) is 0.317. The fourth-order valence-corrected chi connectivity index (χ4v) is 3.42. The lowest BCUT2D eigenvalue weighted by atomic mass is 10.1. The summed E-state index contributed by atoms with van der Waals surface area (Å²) in [5.41, 5.74) is 1.71. The van der Waals surface area contributed by atoms with Gasteiger partial charge in [0, 0.05) is 28.3 Å². The molecule has 1 fully saturated rings. The molecule has 1 heterocycles. The second kappa shape index (κ2) is 4.21. The first-order valence-electron chi connectivity index (χ1n) is 6.28. The quantitative estimate of drug-likeness (QED) is 0.787. The van der Waals surface area contributed by atoms with Crippen LogP contribution in [0.1, 0.15) is 25.3 Å². The van der Waals surface area contributed by atoms with E-state index in [-0.39, 0.29) is 22.8 Å². The SMILES string of the molecule is CC1Cc2cc(S(=O)(=O)Cl)ccc2N1C(=O)C1CC1. The molecular weight excluding hydrogens is 286 g/mol. The number of hydrogen-bond acceptors (Lipinski definition) is 3. The lowest BCUT2D eigenvalue weighted by Gasteiger charge is -2.22. The lowest BCUT2D eigenvalue weighted by molar-refractivity contribution is -0.120. The Bertz CT molecular complexity index is 652. The summed E-state index contributed by atoms with van der Waals surface area (Å²) in [5, 5.41) is 0. The molecule has 0 bridgehead atoms. The Morgan fingerprint density at radius 3 is 2.63 bits per heavy atom. The van der Waals surface area contributed by atoms with Crippen LogP contribution in [0.4, 0.5) is 5.69 Å². The van der Waals surface area contributed by atoms with Crippen LogP contribution in [0, 0.1) is 5.92 Å². The molecule has 0 aromatic heterocycles. The Morgan fingerprint density at radius 2 is 2.05 bits per heavy atom. The van der Waals surface area contributed by atoms with Crippen molar-refractivity contribution in [1.82, 2.24) is 0 Å². The molecule has 4 nitrogen and oxygen atoms in total. The maximum atomic E-state index is 12.2. The highest BCUT2D eigenvalue weighted by molar-refractivity contribution is 8.13. The van der Waals surface area contributed by atoms with Gasteiger partial charge in [0.25, 0.3) is 9.05 Å². The molecule has 1 aromatic carbocycles. The van der Waals surface area contributed by atoms with Gasteiger partial charge in [-0.15, -0.1) is 0 Å². The van der Waals surface area contributed by atoms with Gasteiger partial charge in [-0.3, -0.25) is 4.79 Å². The molecule has 1 aromatic rings. The van der Waals surface area contributed by atoms with Gasteiger partial charge in [0.05, 0.1) is 4.90 Å². The average molecular weight is 300 g/mol. The maximum absolute atomic E-state index is 12.2. The number of hydrogen-bond donors (Lipinski definition) is 0. The smallest absolute Gasteiger partial charge is 0.261 e. The van der Waals surface area contributed by atoms with Gasteiger partial charge in [-0.25, -0.2) is 8.42 Å². The molecule has 1 unspecified atom stereocenters. The summed E-state index contributed by atoms with van der Waals surface area (Å²) in [6.45, 7) is 1.98. The van der Waals surface area contributed by atoms with E-state index in [4.69, 9.17) is 10.7 Å². The van der Waals surface area contributed by atoms with Gasteiger partial charge in [0.15, 0.2) is 0 Å². The van der Waals surface area contributed by atoms with E-state index in [1.54, 1.807) is 17.0 Å². The Balaban J connectivity index is 2.01. The highest BCUT2D eigenvalue weighted by Gasteiger charge is 2.39. The highest BCUT2D eigenvalue weighted by Crippen LogP contribution is 2.39. The van der Waals surface area contributed by atoms with Crippen molar-refractivity contribution in [2.75, 3.05) is 4.90 Å². The molecule has 0 N–H and O–H groups in total. The minimum atomic E-state index is -3.71. The zero-order valence-corrected chi connectivity index (χ0v) is 12.0. The van der Waals surface area contributed by atoms with Gasteiger partial charge in [0.1, 0.15) is 0 Å². The molecule has 0 saturated heterocycles. The van der Waals surface area contributed by atoms with Gasteiger partial charge in [0.2, 0.25) is 5.91 Å². The van der Waals surface area contributed by atoms with E-state index < -0.39 is 9.05 Å². The van der Waals surface area contributed by atoms with Gasteiger partial charge in [-0.2, -0.15) is 0 Å². The molecule has 6 heteroatoms. The molecule has 1 aliphatic heterocycles. The maximum Gasteiger partial charge on any atom is 0.261 e. The molecule has 0 spiro atoms. The van der Waals surface area contributed by atoms with Crippen LogP contribution < -0.4 is 4.90 Å². The first-order valence-corrected chi connectivity index (χ1v) is 8.59. The summed E-state index contributed by atoms with van der Waals surface area (Å²) in [4.78, 5) is 14.1. The van der Waals surface area contributed by atoms with Crippen LogP contribution in [0.15, 0.2) is 23.1 Å². The van der Waals surface area contributed by atoms with Gasteiger partial charge in [-0.1, -0.05) is 0 Å². The summed E-state index contributed by atoms with van der Waals surface area (Å²) in [7, 11) is 1.63. The lowest BCUT2D eigenvalue weighted by Crippen LogP contribution is -2.36. The summed E-state index contributed by atoms with van der Waals surface area (Å²) < 4.78 is 22.7. The Morgan fingerprint density at radius 1 is 1.37 bits per heavy atom. The normalized spacial score (nSPS) is 22.4. The molecule has 1 atom stereocenters. The molecule has 3 rings (SSSR count). The molecule has 0 radical (unpaired) electrons. The predicted molar refractivity (Wildman–Crippen MR) is 72.9 cm³/mol. The third-order valence-electron chi connectivity index (χ3n) is 3.71. The third kappa shape index (κ3) is 2.25.